The first-order chi connectivity index (χ1) is 12.7. The summed E-state index contributed by atoms with van der Waals surface area (Å²) in [5, 5.41) is 12.5. The maximum atomic E-state index is 12.2. The van der Waals surface area contributed by atoms with Crippen molar-refractivity contribution in [2.45, 2.75) is 27.7 Å². The van der Waals surface area contributed by atoms with Gasteiger partial charge in [-0.05, 0) is 51.0 Å². The van der Waals surface area contributed by atoms with E-state index in [0.29, 0.717) is 12.3 Å². The second kappa shape index (κ2) is 8.77. The molecule has 0 aliphatic rings. The van der Waals surface area contributed by atoms with Gasteiger partial charge in [0.05, 0.1) is 17.2 Å². The van der Waals surface area contributed by atoms with Gasteiger partial charge in [0.1, 0.15) is 0 Å². The summed E-state index contributed by atoms with van der Waals surface area (Å²) in [6.45, 7) is 7.35. The molecule has 1 amide bonds. The summed E-state index contributed by atoms with van der Waals surface area (Å²) in [7, 11) is 0. The minimum atomic E-state index is -0.745. The molecule has 0 aliphatic carbocycles. The van der Waals surface area contributed by atoms with Gasteiger partial charge in [-0.3, -0.25) is 4.79 Å². The highest BCUT2D eigenvalue weighted by atomic mass is 35.5. The van der Waals surface area contributed by atoms with E-state index in [2.05, 4.69) is 5.32 Å². The molecule has 0 spiro atoms. The quantitative estimate of drug-likeness (QED) is 0.722. The van der Waals surface area contributed by atoms with Crippen LogP contribution in [0.2, 0.25) is 5.02 Å². The van der Waals surface area contributed by atoms with Crippen LogP contribution in [0.1, 0.15) is 34.0 Å². The molecule has 0 radical (unpaired) electrons. The van der Waals surface area contributed by atoms with Gasteiger partial charge in [-0.15, -0.1) is 0 Å². The second-order valence-electron chi connectivity index (χ2n) is 6.14. The molecule has 144 valence electrons. The largest absolute Gasteiger partial charge is 0.503 e. The third-order valence-electron chi connectivity index (χ3n) is 3.84. The number of halogens is 1. The molecule has 0 fully saturated rings. The number of nitrogens with one attached hydrogen (secondary N) is 1. The number of carbonyl (C=O) groups is 2. The number of esters is 1. The number of phenolic OH excluding ortho intramolecular Hbond substituents is 1. The molecular formula is C20H22ClNO5. The number of amides is 1. The van der Waals surface area contributed by atoms with Crippen LogP contribution in [-0.4, -0.2) is 30.2 Å². The Morgan fingerprint density at radius 1 is 1.11 bits per heavy atom. The lowest BCUT2D eigenvalue weighted by molar-refractivity contribution is -0.119. The van der Waals surface area contributed by atoms with Gasteiger partial charge in [0.25, 0.3) is 5.91 Å². The lowest BCUT2D eigenvalue weighted by atomic mass is 10.1. The van der Waals surface area contributed by atoms with E-state index < -0.39 is 18.5 Å². The summed E-state index contributed by atoms with van der Waals surface area (Å²) in [5.41, 5.74) is 3.74. The predicted molar refractivity (Wildman–Crippen MR) is 104 cm³/mol. The summed E-state index contributed by atoms with van der Waals surface area (Å²) in [4.78, 5) is 24.4. The van der Waals surface area contributed by atoms with Crippen molar-refractivity contribution in [3.8, 4) is 11.5 Å². The first kappa shape index (κ1) is 20.6. The fraction of sp³-hybridized carbons (Fsp3) is 0.300. The SMILES string of the molecule is CCOc1cc(C(=O)OCC(=O)Nc2c(C)cc(C)cc2C)cc(Cl)c1O. The zero-order valence-electron chi connectivity index (χ0n) is 15.7. The molecule has 0 saturated heterocycles. The number of anilines is 1. The van der Waals surface area contributed by atoms with Crippen molar-refractivity contribution in [2.24, 2.45) is 0 Å². The third-order valence-corrected chi connectivity index (χ3v) is 4.13. The van der Waals surface area contributed by atoms with Crippen molar-refractivity contribution in [2.75, 3.05) is 18.5 Å². The summed E-state index contributed by atoms with van der Waals surface area (Å²) in [5.74, 6) is -1.37. The normalized spacial score (nSPS) is 10.4. The molecule has 0 unspecified atom stereocenters. The number of benzene rings is 2. The summed E-state index contributed by atoms with van der Waals surface area (Å²) in [6.07, 6.45) is 0. The van der Waals surface area contributed by atoms with Crippen LogP contribution >= 0.6 is 11.6 Å². The smallest absolute Gasteiger partial charge is 0.338 e. The zero-order chi connectivity index (χ0) is 20.1. The van der Waals surface area contributed by atoms with Crippen LogP contribution in [0.5, 0.6) is 11.5 Å². The van der Waals surface area contributed by atoms with Crippen LogP contribution in [0.25, 0.3) is 0 Å². The van der Waals surface area contributed by atoms with E-state index >= 15 is 0 Å². The Morgan fingerprint density at radius 3 is 2.33 bits per heavy atom. The van der Waals surface area contributed by atoms with E-state index in [0.717, 1.165) is 16.7 Å². The molecule has 6 nitrogen and oxygen atoms in total. The molecule has 7 heteroatoms. The topological polar surface area (TPSA) is 84.9 Å². The van der Waals surface area contributed by atoms with E-state index in [1.165, 1.54) is 12.1 Å². The Hall–Kier alpha value is -2.73. The van der Waals surface area contributed by atoms with Gasteiger partial charge in [0.15, 0.2) is 18.1 Å². The molecule has 2 aromatic rings. The zero-order valence-corrected chi connectivity index (χ0v) is 16.4. The van der Waals surface area contributed by atoms with Crippen LogP contribution in [0.3, 0.4) is 0 Å². The number of aryl methyl sites for hydroxylation is 3. The number of rotatable bonds is 6. The van der Waals surface area contributed by atoms with Gasteiger partial charge in [-0.25, -0.2) is 4.79 Å². The van der Waals surface area contributed by atoms with E-state index in [4.69, 9.17) is 21.1 Å². The minimum absolute atomic E-state index is 0.0387. The number of phenols is 1. The summed E-state index contributed by atoms with van der Waals surface area (Å²) >= 11 is 5.90. The monoisotopic (exact) mass is 391 g/mol. The Bertz CT molecular complexity index is 856. The van der Waals surface area contributed by atoms with Crippen molar-refractivity contribution < 1.29 is 24.2 Å². The van der Waals surface area contributed by atoms with Gasteiger partial charge in [-0.2, -0.15) is 0 Å². The molecule has 0 aliphatic heterocycles. The van der Waals surface area contributed by atoms with Crippen LogP contribution in [0, 0.1) is 20.8 Å². The lowest BCUT2D eigenvalue weighted by Crippen LogP contribution is -2.22. The molecule has 0 aromatic heterocycles. The fourth-order valence-electron chi connectivity index (χ4n) is 2.72. The molecule has 2 rings (SSSR count). The van der Waals surface area contributed by atoms with Crippen molar-refractivity contribution >= 4 is 29.2 Å². The van der Waals surface area contributed by atoms with Crippen molar-refractivity contribution in [1.29, 1.82) is 0 Å². The van der Waals surface area contributed by atoms with Crippen LogP contribution < -0.4 is 10.1 Å². The first-order valence-corrected chi connectivity index (χ1v) is 8.80. The molecule has 0 heterocycles. The van der Waals surface area contributed by atoms with E-state index in [-0.39, 0.29) is 22.1 Å². The van der Waals surface area contributed by atoms with E-state index in [1.807, 2.05) is 32.9 Å². The Kier molecular flexibility index (Phi) is 6.69. The molecule has 2 aromatic carbocycles. The van der Waals surface area contributed by atoms with E-state index in [9.17, 15) is 14.7 Å². The van der Waals surface area contributed by atoms with Gasteiger partial charge in [0.2, 0.25) is 0 Å². The highest BCUT2D eigenvalue weighted by Gasteiger charge is 2.17. The molecule has 0 saturated carbocycles. The molecule has 27 heavy (non-hydrogen) atoms. The Morgan fingerprint density at radius 2 is 1.74 bits per heavy atom. The Labute approximate surface area is 163 Å². The first-order valence-electron chi connectivity index (χ1n) is 8.43. The molecule has 0 bridgehead atoms. The third kappa shape index (κ3) is 5.14. The average molecular weight is 392 g/mol. The summed E-state index contributed by atoms with van der Waals surface area (Å²) < 4.78 is 10.3. The van der Waals surface area contributed by atoms with Gasteiger partial charge >= 0.3 is 5.97 Å². The maximum absolute atomic E-state index is 12.2. The number of hydrogen-bond acceptors (Lipinski definition) is 5. The minimum Gasteiger partial charge on any atom is -0.503 e. The van der Waals surface area contributed by atoms with Crippen LogP contribution in [0.15, 0.2) is 24.3 Å². The lowest BCUT2D eigenvalue weighted by Gasteiger charge is -2.13. The number of hydrogen-bond donors (Lipinski definition) is 2. The van der Waals surface area contributed by atoms with Crippen LogP contribution in [0.4, 0.5) is 5.69 Å². The fourth-order valence-corrected chi connectivity index (χ4v) is 2.94. The highest BCUT2D eigenvalue weighted by molar-refractivity contribution is 6.32. The Balaban J connectivity index is 2.04. The average Bonchev–Trinajstić information content (AvgIpc) is 2.59. The highest BCUT2D eigenvalue weighted by Crippen LogP contribution is 2.35. The van der Waals surface area contributed by atoms with Crippen molar-refractivity contribution in [3.63, 3.8) is 0 Å². The molecule has 2 N–H and O–H groups in total. The molecule has 0 atom stereocenters. The number of ether oxygens (including phenoxy) is 2. The van der Waals surface area contributed by atoms with E-state index in [1.54, 1.807) is 6.92 Å². The second-order valence-corrected chi connectivity index (χ2v) is 6.54. The number of carbonyl (C=O) groups excluding carboxylic acids is 2. The maximum Gasteiger partial charge on any atom is 0.338 e. The van der Waals surface area contributed by atoms with Crippen molar-refractivity contribution in [1.82, 2.24) is 0 Å². The van der Waals surface area contributed by atoms with Gasteiger partial charge < -0.3 is 19.9 Å². The molecular weight excluding hydrogens is 370 g/mol. The van der Waals surface area contributed by atoms with Gasteiger partial charge in [-0.1, -0.05) is 29.3 Å². The standard InChI is InChI=1S/C20H22ClNO5/c1-5-26-16-9-14(8-15(21)19(16)24)20(25)27-10-17(23)22-18-12(3)6-11(2)7-13(18)4/h6-9,24H,5,10H2,1-4H3,(H,22,23). The van der Waals surface area contributed by atoms with Crippen molar-refractivity contribution in [3.05, 3.63) is 51.5 Å². The summed E-state index contributed by atoms with van der Waals surface area (Å²) in [6, 6.07) is 6.50. The number of aromatic hydroxyl groups is 1. The predicted octanol–water partition coefficient (Wildman–Crippen LogP) is 4.17. The van der Waals surface area contributed by atoms with Crippen LogP contribution in [-0.2, 0) is 9.53 Å². The van der Waals surface area contributed by atoms with Gasteiger partial charge in [0, 0.05) is 5.69 Å².